The molecule has 3 nitrogen and oxygen atoms in total. The summed E-state index contributed by atoms with van der Waals surface area (Å²) in [5.41, 5.74) is 19.4. The number of hydrogen-bond donors (Lipinski definition) is 0. The molecular weight excluding hydrogens is 1030 g/mol. The number of para-hydroxylation sites is 1. The topological polar surface area (TPSA) is 11.4 Å². The Morgan fingerprint density at radius 3 is 1.11 bits per heavy atom. The highest BCUT2D eigenvalue weighted by Gasteiger charge is 2.21. The van der Waals surface area contributed by atoms with Gasteiger partial charge < -0.3 is 14.4 Å². The Hall–Kier alpha value is -11.3. The molecule has 16 rings (SSSR count). The lowest BCUT2D eigenvalue weighted by molar-refractivity contribution is 1.18. The Labute approximate surface area is 494 Å². The Balaban J connectivity index is 0.860. The van der Waals surface area contributed by atoms with Crippen molar-refractivity contribution in [3.8, 4) is 50.2 Å². The van der Waals surface area contributed by atoms with Crippen LogP contribution < -0.4 is 9.80 Å². The highest BCUT2D eigenvalue weighted by Crippen LogP contribution is 2.45. The van der Waals surface area contributed by atoms with Gasteiger partial charge in [-0.3, -0.25) is 0 Å². The third-order valence-electron chi connectivity index (χ3n) is 17.2. The van der Waals surface area contributed by atoms with Crippen molar-refractivity contribution < 1.29 is 0 Å². The van der Waals surface area contributed by atoms with Gasteiger partial charge in [-0.15, -0.1) is 0 Å². The van der Waals surface area contributed by atoms with Crippen LogP contribution in [0.2, 0.25) is 0 Å². The molecule has 3 heteroatoms. The van der Waals surface area contributed by atoms with Crippen molar-refractivity contribution in [3.05, 3.63) is 334 Å². The summed E-state index contributed by atoms with van der Waals surface area (Å²) < 4.78 is 2.48. The molecule has 1 aromatic heterocycles. The average molecular weight is 1080 g/mol. The molecule has 0 atom stereocenters. The third kappa shape index (κ3) is 8.86. The van der Waals surface area contributed by atoms with Crippen molar-refractivity contribution >= 4 is 99.0 Å². The van der Waals surface area contributed by atoms with E-state index >= 15 is 0 Å². The van der Waals surface area contributed by atoms with Crippen LogP contribution >= 0.6 is 0 Å². The van der Waals surface area contributed by atoms with Crippen molar-refractivity contribution in [2.45, 2.75) is 0 Å². The van der Waals surface area contributed by atoms with Crippen LogP contribution in [0.15, 0.2) is 334 Å². The van der Waals surface area contributed by atoms with Gasteiger partial charge in [0.25, 0.3) is 0 Å². The second-order valence-electron chi connectivity index (χ2n) is 22.0. The van der Waals surface area contributed by atoms with E-state index in [9.17, 15) is 0 Å². The lowest BCUT2D eigenvalue weighted by Gasteiger charge is -2.27. The Bertz CT molecular complexity index is 5090. The molecule has 398 valence electrons. The van der Waals surface area contributed by atoms with Crippen molar-refractivity contribution in [1.82, 2.24) is 4.57 Å². The van der Waals surface area contributed by atoms with E-state index in [1.54, 1.807) is 0 Å². The van der Waals surface area contributed by atoms with E-state index in [4.69, 9.17) is 0 Å². The summed E-state index contributed by atoms with van der Waals surface area (Å²) in [5.74, 6) is 0. The van der Waals surface area contributed by atoms with Gasteiger partial charge in [-0.05, 0) is 179 Å². The van der Waals surface area contributed by atoms with Crippen LogP contribution in [0.5, 0.6) is 0 Å². The zero-order valence-corrected chi connectivity index (χ0v) is 46.6. The molecule has 85 heavy (non-hydrogen) atoms. The van der Waals surface area contributed by atoms with Gasteiger partial charge in [0.05, 0.1) is 16.7 Å². The fourth-order valence-corrected chi connectivity index (χ4v) is 13.0. The van der Waals surface area contributed by atoms with Gasteiger partial charge in [0.1, 0.15) is 0 Å². The zero-order chi connectivity index (χ0) is 56.2. The summed E-state index contributed by atoms with van der Waals surface area (Å²) in [7, 11) is 0. The Kier molecular flexibility index (Phi) is 12.2. The minimum absolute atomic E-state index is 1.07. The average Bonchev–Trinajstić information content (AvgIpc) is 2.62. The molecule has 0 radical (unpaired) electrons. The standard InChI is InChI=1S/C82H55N3/c1-4-17-56(18-5-1)58-31-33-59(34-32-58)61-37-44-67(45-38-61)83(66-42-35-60(36-43-66)57-19-6-2-7-20-57)69-49-52-82-79(55-69)78-53-64(62-39-46-68(47-40-62)84(65-23-8-3-9-24-65)80-30-16-22-63-21-10-11-25-71(63)80)41-51-81(78)85(82)70-48-50-76-74-28-13-12-26-72(74)73-27-14-15-29-75(73)77(76)54-70/h1-55H. The maximum absolute atomic E-state index is 2.48. The lowest BCUT2D eigenvalue weighted by Crippen LogP contribution is -2.10. The fraction of sp³-hybridized carbons (Fsp3) is 0. The first-order chi connectivity index (χ1) is 42.1. The molecule has 0 aliphatic heterocycles. The van der Waals surface area contributed by atoms with Gasteiger partial charge in [-0.25, -0.2) is 0 Å². The molecule has 0 fully saturated rings. The van der Waals surface area contributed by atoms with Crippen LogP contribution in [0.25, 0.3) is 115 Å². The Morgan fingerprint density at radius 2 is 0.553 bits per heavy atom. The van der Waals surface area contributed by atoms with Crippen LogP contribution in [0.3, 0.4) is 0 Å². The van der Waals surface area contributed by atoms with E-state index in [-0.39, 0.29) is 0 Å². The number of rotatable bonds is 11. The summed E-state index contributed by atoms with van der Waals surface area (Å²) in [6.45, 7) is 0. The van der Waals surface area contributed by atoms with E-state index in [0.29, 0.717) is 0 Å². The number of benzene rings is 15. The zero-order valence-electron chi connectivity index (χ0n) is 46.6. The molecule has 1 heterocycles. The van der Waals surface area contributed by atoms with Crippen LogP contribution in [0.1, 0.15) is 0 Å². The fourth-order valence-electron chi connectivity index (χ4n) is 13.0. The third-order valence-corrected chi connectivity index (χ3v) is 17.2. The number of hydrogen-bond acceptors (Lipinski definition) is 2. The minimum Gasteiger partial charge on any atom is -0.310 e. The second-order valence-corrected chi connectivity index (χ2v) is 22.0. The van der Waals surface area contributed by atoms with Crippen LogP contribution in [-0.4, -0.2) is 4.57 Å². The molecule has 0 saturated heterocycles. The van der Waals surface area contributed by atoms with Gasteiger partial charge in [0.15, 0.2) is 0 Å². The normalized spacial score (nSPS) is 11.5. The van der Waals surface area contributed by atoms with E-state index in [1.807, 2.05) is 0 Å². The first-order valence-corrected chi connectivity index (χ1v) is 29.2. The minimum atomic E-state index is 1.07. The van der Waals surface area contributed by atoms with Crippen molar-refractivity contribution in [3.63, 3.8) is 0 Å². The molecule has 0 spiro atoms. The van der Waals surface area contributed by atoms with Crippen LogP contribution in [0.4, 0.5) is 34.1 Å². The molecule has 0 amide bonds. The van der Waals surface area contributed by atoms with Gasteiger partial charge in [-0.2, -0.15) is 0 Å². The number of anilines is 6. The molecule has 0 bridgehead atoms. The first-order valence-electron chi connectivity index (χ1n) is 29.2. The summed E-state index contributed by atoms with van der Waals surface area (Å²) in [6, 6.07) is 122. The molecule has 15 aromatic carbocycles. The maximum atomic E-state index is 2.48. The lowest BCUT2D eigenvalue weighted by atomic mass is 9.94. The predicted octanol–water partition coefficient (Wildman–Crippen LogP) is 23.0. The maximum Gasteiger partial charge on any atom is 0.0542 e. The summed E-state index contributed by atoms with van der Waals surface area (Å²) in [5, 5.41) is 12.3. The summed E-state index contributed by atoms with van der Waals surface area (Å²) in [4.78, 5) is 4.78. The molecule has 0 saturated carbocycles. The first kappa shape index (κ1) is 49.5. The summed E-state index contributed by atoms with van der Waals surface area (Å²) >= 11 is 0. The molecular formula is C82H55N3. The Morgan fingerprint density at radius 1 is 0.188 bits per heavy atom. The second kappa shape index (κ2) is 20.9. The van der Waals surface area contributed by atoms with E-state index in [1.165, 1.54) is 87.2 Å². The monoisotopic (exact) mass is 1080 g/mol. The van der Waals surface area contributed by atoms with Gasteiger partial charge in [-0.1, -0.05) is 237 Å². The van der Waals surface area contributed by atoms with Gasteiger partial charge in [0.2, 0.25) is 0 Å². The number of nitrogens with zero attached hydrogens (tertiary/aromatic N) is 3. The van der Waals surface area contributed by atoms with E-state index < -0.39 is 0 Å². The van der Waals surface area contributed by atoms with Crippen molar-refractivity contribution in [2.75, 3.05) is 9.80 Å². The molecule has 0 unspecified atom stereocenters. The van der Waals surface area contributed by atoms with Crippen LogP contribution in [-0.2, 0) is 0 Å². The summed E-state index contributed by atoms with van der Waals surface area (Å²) in [6.07, 6.45) is 0. The van der Waals surface area contributed by atoms with Gasteiger partial charge >= 0.3 is 0 Å². The largest absolute Gasteiger partial charge is 0.310 e. The van der Waals surface area contributed by atoms with E-state index in [0.717, 1.165) is 62.0 Å². The number of aromatic nitrogens is 1. The molecule has 16 aromatic rings. The molecule has 0 aliphatic rings. The smallest absolute Gasteiger partial charge is 0.0542 e. The van der Waals surface area contributed by atoms with Crippen molar-refractivity contribution in [2.24, 2.45) is 0 Å². The highest BCUT2D eigenvalue weighted by atomic mass is 15.1. The number of fused-ring (bicyclic) bond motifs is 10. The molecule has 0 N–H and O–H groups in total. The highest BCUT2D eigenvalue weighted by molar-refractivity contribution is 6.26. The van der Waals surface area contributed by atoms with Gasteiger partial charge in [0, 0.05) is 50.3 Å². The van der Waals surface area contributed by atoms with Crippen molar-refractivity contribution in [1.29, 1.82) is 0 Å². The van der Waals surface area contributed by atoms with Crippen LogP contribution in [0, 0.1) is 0 Å². The quantitative estimate of drug-likeness (QED) is 0.120. The SMILES string of the molecule is c1ccc(-c2ccc(-c3ccc(N(c4ccc(-c5ccccc5)cc4)c4ccc5c(c4)c4cc(-c6ccc(N(c7ccccc7)c7cccc8ccccc78)cc6)ccc4n5-c4ccc5c6ccccc6c6ccccc6c5c4)cc3)cc2)cc1. The molecule has 0 aliphatic carbocycles. The van der Waals surface area contributed by atoms with E-state index in [2.05, 4.69) is 348 Å². The predicted molar refractivity (Wildman–Crippen MR) is 362 cm³/mol.